The summed E-state index contributed by atoms with van der Waals surface area (Å²) < 4.78 is 11.8. The van der Waals surface area contributed by atoms with Gasteiger partial charge in [-0.05, 0) is 50.9 Å². The smallest absolute Gasteiger partial charge is 0.494 e. The Labute approximate surface area is 113 Å². The van der Waals surface area contributed by atoms with Crippen molar-refractivity contribution in [3.8, 4) is 5.75 Å². The molecule has 0 spiro atoms. The molecular formula is C14H19BO4. The van der Waals surface area contributed by atoms with Crippen LogP contribution in [0.2, 0.25) is 0 Å². The second kappa shape index (κ2) is 4.65. The Kier molecular flexibility index (Phi) is 3.45. The van der Waals surface area contributed by atoms with Gasteiger partial charge in [-0.1, -0.05) is 6.07 Å². The number of hydrogen-bond donors (Lipinski definition) is 1. The Bertz CT molecular complexity index is 480. The first kappa shape index (κ1) is 14.1. The molecule has 1 heterocycles. The van der Waals surface area contributed by atoms with E-state index in [2.05, 4.69) is 0 Å². The molecule has 1 fully saturated rings. The molecule has 0 radical (unpaired) electrons. The maximum absolute atomic E-state index is 10.6. The number of aromatic hydroxyl groups is 1. The molecule has 19 heavy (non-hydrogen) atoms. The molecule has 5 heteroatoms. The van der Waals surface area contributed by atoms with Crippen molar-refractivity contribution in [2.75, 3.05) is 0 Å². The van der Waals surface area contributed by atoms with Gasteiger partial charge in [0.15, 0.2) is 0 Å². The van der Waals surface area contributed by atoms with E-state index in [4.69, 9.17) is 9.31 Å². The molecule has 4 nitrogen and oxygen atoms in total. The highest BCUT2D eigenvalue weighted by Gasteiger charge is 2.51. The molecule has 1 saturated heterocycles. The Morgan fingerprint density at radius 3 is 2.26 bits per heavy atom. The van der Waals surface area contributed by atoms with Gasteiger partial charge in [0.05, 0.1) is 11.2 Å². The number of phenols is 1. The van der Waals surface area contributed by atoms with Crippen LogP contribution in [0.4, 0.5) is 0 Å². The van der Waals surface area contributed by atoms with Crippen molar-refractivity contribution in [2.24, 2.45) is 0 Å². The first-order valence-electron chi connectivity index (χ1n) is 6.37. The van der Waals surface area contributed by atoms with Crippen molar-refractivity contribution in [1.29, 1.82) is 0 Å². The topological polar surface area (TPSA) is 55.8 Å². The third kappa shape index (κ3) is 2.67. The fourth-order valence-corrected chi connectivity index (χ4v) is 2.03. The molecule has 0 unspecified atom stereocenters. The molecule has 1 aliphatic rings. The molecule has 0 saturated carbocycles. The minimum absolute atomic E-state index is 0.115. The van der Waals surface area contributed by atoms with Crippen molar-refractivity contribution in [3.05, 3.63) is 23.8 Å². The Morgan fingerprint density at radius 1 is 1.16 bits per heavy atom. The molecule has 102 valence electrons. The molecule has 1 aromatic carbocycles. The Morgan fingerprint density at radius 2 is 1.74 bits per heavy atom. The lowest BCUT2D eigenvalue weighted by atomic mass is 9.78. The van der Waals surface area contributed by atoms with E-state index < -0.39 is 18.3 Å². The lowest BCUT2D eigenvalue weighted by Gasteiger charge is -2.32. The highest BCUT2D eigenvalue weighted by molar-refractivity contribution is 6.62. The van der Waals surface area contributed by atoms with E-state index in [-0.39, 0.29) is 12.2 Å². The van der Waals surface area contributed by atoms with Crippen molar-refractivity contribution in [3.63, 3.8) is 0 Å². The zero-order valence-corrected chi connectivity index (χ0v) is 11.8. The predicted molar refractivity (Wildman–Crippen MR) is 73.6 cm³/mol. The number of carbonyl (C=O) groups excluding carboxylic acids is 1. The number of phenolic OH excluding ortho intramolecular Hbond substituents is 1. The van der Waals surface area contributed by atoms with E-state index in [0.29, 0.717) is 0 Å². The van der Waals surface area contributed by atoms with Crippen molar-refractivity contribution < 1.29 is 19.2 Å². The zero-order chi connectivity index (χ0) is 14.3. The molecule has 1 aromatic rings. The van der Waals surface area contributed by atoms with Crippen LogP contribution in [0.3, 0.4) is 0 Å². The molecule has 0 aromatic heterocycles. The van der Waals surface area contributed by atoms with Crippen LogP contribution in [0.1, 0.15) is 33.3 Å². The van der Waals surface area contributed by atoms with Gasteiger partial charge in [-0.2, -0.15) is 0 Å². The van der Waals surface area contributed by atoms with Crippen molar-refractivity contribution >= 4 is 18.9 Å². The Balaban J connectivity index is 2.31. The van der Waals surface area contributed by atoms with Crippen molar-refractivity contribution in [2.45, 2.75) is 45.3 Å². The van der Waals surface area contributed by atoms with Crippen LogP contribution in [0.5, 0.6) is 5.75 Å². The standard InChI is InChI=1S/C14H19BO4/c1-13(2)14(3,4)19-15(18-13)11-7-10(5-6-16)8-12(17)9-11/h6-9,17H,5H2,1-4H3. The summed E-state index contributed by atoms with van der Waals surface area (Å²) in [5.41, 5.74) is 0.636. The molecule has 0 bridgehead atoms. The van der Waals surface area contributed by atoms with Gasteiger partial charge in [0.1, 0.15) is 12.0 Å². The van der Waals surface area contributed by atoms with E-state index >= 15 is 0 Å². The highest BCUT2D eigenvalue weighted by Crippen LogP contribution is 2.36. The van der Waals surface area contributed by atoms with Crippen LogP contribution in [0.25, 0.3) is 0 Å². The van der Waals surface area contributed by atoms with Crippen LogP contribution in [-0.4, -0.2) is 29.7 Å². The van der Waals surface area contributed by atoms with Crippen LogP contribution >= 0.6 is 0 Å². The van der Waals surface area contributed by atoms with Crippen LogP contribution in [0.15, 0.2) is 18.2 Å². The van der Waals surface area contributed by atoms with E-state index in [0.717, 1.165) is 17.3 Å². The van der Waals surface area contributed by atoms with Gasteiger partial charge in [0, 0.05) is 6.42 Å². The fourth-order valence-electron chi connectivity index (χ4n) is 2.03. The maximum atomic E-state index is 10.6. The largest absolute Gasteiger partial charge is 0.508 e. The number of hydrogen-bond acceptors (Lipinski definition) is 4. The summed E-state index contributed by atoms with van der Waals surface area (Å²) in [4.78, 5) is 10.6. The molecular weight excluding hydrogens is 243 g/mol. The second-order valence-electron chi connectivity index (χ2n) is 5.89. The van der Waals surface area contributed by atoms with Crippen LogP contribution in [0, 0.1) is 0 Å². The Hall–Kier alpha value is -1.33. The van der Waals surface area contributed by atoms with E-state index in [9.17, 15) is 9.90 Å². The second-order valence-corrected chi connectivity index (χ2v) is 5.89. The molecule has 1 N–H and O–H groups in total. The average Bonchev–Trinajstić information content (AvgIpc) is 2.48. The van der Waals surface area contributed by atoms with Gasteiger partial charge in [0.25, 0.3) is 0 Å². The third-order valence-corrected chi connectivity index (χ3v) is 3.84. The first-order valence-corrected chi connectivity index (χ1v) is 6.37. The molecule has 1 aliphatic heterocycles. The van der Waals surface area contributed by atoms with Gasteiger partial charge in [-0.25, -0.2) is 0 Å². The van der Waals surface area contributed by atoms with Gasteiger partial charge < -0.3 is 19.2 Å². The highest BCUT2D eigenvalue weighted by atomic mass is 16.7. The zero-order valence-electron chi connectivity index (χ0n) is 11.8. The normalized spacial score (nSPS) is 20.5. The van der Waals surface area contributed by atoms with Crippen LogP contribution in [-0.2, 0) is 20.5 Å². The fraction of sp³-hybridized carbons (Fsp3) is 0.500. The van der Waals surface area contributed by atoms with E-state index in [1.807, 2.05) is 33.8 Å². The van der Waals surface area contributed by atoms with E-state index in [1.165, 1.54) is 0 Å². The van der Waals surface area contributed by atoms with Gasteiger partial charge >= 0.3 is 7.12 Å². The average molecular weight is 262 g/mol. The molecule has 0 aliphatic carbocycles. The summed E-state index contributed by atoms with van der Waals surface area (Å²) in [5, 5.41) is 9.71. The molecule has 0 amide bonds. The summed E-state index contributed by atoms with van der Waals surface area (Å²) in [6.45, 7) is 7.90. The quantitative estimate of drug-likeness (QED) is 0.661. The number of aldehydes is 1. The third-order valence-electron chi connectivity index (χ3n) is 3.84. The minimum Gasteiger partial charge on any atom is -0.508 e. The minimum atomic E-state index is -0.525. The monoisotopic (exact) mass is 262 g/mol. The van der Waals surface area contributed by atoms with Gasteiger partial charge in [-0.15, -0.1) is 0 Å². The lowest BCUT2D eigenvalue weighted by Crippen LogP contribution is -2.41. The summed E-state index contributed by atoms with van der Waals surface area (Å²) in [6.07, 6.45) is 1.07. The summed E-state index contributed by atoms with van der Waals surface area (Å²) in [5.74, 6) is 0.115. The summed E-state index contributed by atoms with van der Waals surface area (Å²) in [6, 6.07) is 5.01. The van der Waals surface area contributed by atoms with Gasteiger partial charge in [-0.3, -0.25) is 0 Å². The lowest BCUT2D eigenvalue weighted by molar-refractivity contribution is -0.107. The summed E-state index contributed by atoms with van der Waals surface area (Å²) in [7, 11) is -0.525. The van der Waals surface area contributed by atoms with Crippen molar-refractivity contribution in [1.82, 2.24) is 0 Å². The number of benzene rings is 1. The number of rotatable bonds is 3. The maximum Gasteiger partial charge on any atom is 0.494 e. The summed E-state index contributed by atoms with van der Waals surface area (Å²) >= 11 is 0. The van der Waals surface area contributed by atoms with Gasteiger partial charge in [0.2, 0.25) is 0 Å². The SMILES string of the molecule is CC1(C)OB(c2cc(O)cc(CC=O)c2)OC1(C)C. The molecule has 2 rings (SSSR count). The molecule has 0 atom stereocenters. The van der Waals surface area contributed by atoms with Crippen LogP contribution < -0.4 is 5.46 Å². The van der Waals surface area contributed by atoms with E-state index in [1.54, 1.807) is 12.1 Å². The first-order chi connectivity index (χ1) is 8.75. The number of carbonyl (C=O) groups is 1. The predicted octanol–water partition coefficient (Wildman–Crippen LogP) is 1.43.